The van der Waals surface area contributed by atoms with Crippen molar-refractivity contribution >= 4 is 0 Å². The topological polar surface area (TPSA) is 73.6 Å². The Bertz CT molecular complexity index is 555. The van der Waals surface area contributed by atoms with Crippen LogP contribution in [0.5, 0.6) is 0 Å². The highest BCUT2D eigenvalue weighted by Gasteiger charge is 2.08. The highest BCUT2D eigenvalue weighted by atomic mass is 14.6. The van der Waals surface area contributed by atoms with Gasteiger partial charge in [-0.1, -0.05) is 24.3 Å². The van der Waals surface area contributed by atoms with Crippen LogP contribution in [-0.4, -0.2) is 0 Å². The van der Waals surface area contributed by atoms with Crippen molar-refractivity contribution in [3.63, 3.8) is 0 Å². The van der Waals surface area contributed by atoms with Gasteiger partial charge < -0.3 is 5.73 Å². The van der Waals surface area contributed by atoms with Crippen LogP contribution < -0.4 is 5.73 Å². The van der Waals surface area contributed by atoms with Crippen LogP contribution >= 0.6 is 0 Å². The van der Waals surface area contributed by atoms with Crippen LogP contribution in [-0.2, 0) is 0 Å². The highest BCUT2D eigenvalue weighted by molar-refractivity contribution is 5.39. The Balaban J connectivity index is 2.27. The van der Waals surface area contributed by atoms with Crippen molar-refractivity contribution < 1.29 is 0 Å². The lowest BCUT2D eigenvalue weighted by molar-refractivity contribution is 0.871. The maximum absolute atomic E-state index is 8.73. The summed E-state index contributed by atoms with van der Waals surface area (Å²) in [6.45, 7) is 0. The van der Waals surface area contributed by atoms with Gasteiger partial charge >= 0.3 is 0 Å². The molecular formula is C15H11N3. The number of nitriles is 2. The first kappa shape index (κ1) is 11.9. The Morgan fingerprint density at radius 2 is 1.06 bits per heavy atom. The molecule has 0 saturated carbocycles. The van der Waals surface area contributed by atoms with Gasteiger partial charge in [-0.15, -0.1) is 0 Å². The van der Waals surface area contributed by atoms with Gasteiger partial charge in [-0.05, 0) is 35.4 Å². The minimum absolute atomic E-state index is 0.245. The van der Waals surface area contributed by atoms with E-state index >= 15 is 0 Å². The van der Waals surface area contributed by atoms with Gasteiger partial charge in [0, 0.05) is 0 Å². The normalized spacial score (nSPS) is 9.78. The maximum atomic E-state index is 8.73. The zero-order valence-electron chi connectivity index (χ0n) is 9.67. The summed E-state index contributed by atoms with van der Waals surface area (Å²) in [5.41, 5.74) is 9.25. The molecule has 0 aliphatic heterocycles. The maximum Gasteiger partial charge on any atom is 0.0991 e. The predicted octanol–water partition coefficient (Wildman–Crippen LogP) is 2.48. The van der Waals surface area contributed by atoms with Crippen LogP contribution in [0.15, 0.2) is 48.5 Å². The Morgan fingerprint density at radius 1 is 0.722 bits per heavy atom. The van der Waals surface area contributed by atoms with Crippen LogP contribution in [0.25, 0.3) is 0 Å². The molecule has 0 heterocycles. The third kappa shape index (κ3) is 2.38. The quantitative estimate of drug-likeness (QED) is 0.865. The molecule has 86 valence electrons. The smallest absolute Gasteiger partial charge is 0.0991 e. The first-order chi connectivity index (χ1) is 8.74. The third-order valence-electron chi connectivity index (χ3n) is 2.80. The zero-order valence-corrected chi connectivity index (χ0v) is 9.67. The fraction of sp³-hybridized carbons (Fsp3) is 0.0667. The van der Waals surface area contributed by atoms with Gasteiger partial charge in [-0.25, -0.2) is 0 Å². The van der Waals surface area contributed by atoms with E-state index in [2.05, 4.69) is 12.1 Å². The third-order valence-corrected chi connectivity index (χ3v) is 2.80. The molecule has 0 spiro atoms. The first-order valence-electron chi connectivity index (χ1n) is 5.50. The summed E-state index contributed by atoms with van der Waals surface area (Å²) in [7, 11) is 0. The van der Waals surface area contributed by atoms with Gasteiger partial charge in [0.05, 0.1) is 29.3 Å². The molecule has 2 N–H and O–H groups in total. The van der Waals surface area contributed by atoms with Gasteiger partial charge in [0.1, 0.15) is 0 Å². The average molecular weight is 233 g/mol. The van der Waals surface area contributed by atoms with Gasteiger partial charge in [-0.3, -0.25) is 0 Å². The van der Waals surface area contributed by atoms with Crippen LogP contribution in [0, 0.1) is 22.7 Å². The van der Waals surface area contributed by atoms with E-state index in [1.807, 2.05) is 24.3 Å². The SMILES string of the molecule is N#Cc1ccc(C(N)c2ccc(C#N)cc2)cc1. The van der Waals surface area contributed by atoms with E-state index in [0.29, 0.717) is 11.1 Å². The van der Waals surface area contributed by atoms with E-state index in [1.165, 1.54) is 0 Å². The van der Waals surface area contributed by atoms with Crippen LogP contribution in [0.1, 0.15) is 28.3 Å². The van der Waals surface area contributed by atoms with Crippen molar-refractivity contribution in [2.75, 3.05) is 0 Å². The molecule has 0 aliphatic rings. The van der Waals surface area contributed by atoms with Crippen LogP contribution in [0.2, 0.25) is 0 Å². The summed E-state index contributed by atoms with van der Waals surface area (Å²) in [5.74, 6) is 0. The minimum atomic E-state index is -0.245. The fourth-order valence-electron chi connectivity index (χ4n) is 1.72. The first-order valence-corrected chi connectivity index (χ1v) is 5.50. The standard InChI is InChI=1S/C15H11N3/c16-9-11-1-5-13(6-2-11)15(18)14-7-3-12(10-17)4-8-14/h1-8,15H,18H2. The number of nitrogens with zero attached hydrogens (tertiary/aromatic N) is 2. The fourth-order valence-corrected chi connectivity index (χ4v) is 1.72. The number of hydrogen-bond acceptors (Lipinski definition) is 3. The molecule has 0 saturated heterocycles. The summed E-state index contributed by atoms with van der Waals surface area (Å²) in [6, 6.07) is 18.3. The highest BCUT2D eigenvalue weighted by Crippen LogP contribution is 2.20. The molecule has 18 heavy (non-hydrogen) atoms. The Morgan fingerprint density at radius 3 is 1.33 bits per heavy atom. The molecule has 0 aliphatic carbocycles. The van der Waals surface area contributed by atoms with E-state index in [1.54, 1.807) is 24.3 Å². The number of nitrogens with two attached hydrogens (primary N) is 1. The molecule has 0 unspecified atom stereocenters. The van der Waals surface area contributed by atoms with Crippen molar-refractivity contribution in [1.82, 2.24) is 0 Å². The molecule has 0 bridgehead atoms. The average Bonchev–Trinajstić information content (AvgIpc) is 2.47. The minimum Gasteiger partial charge on any atom is -0.320 e. The molecule has 0 amide bonds. The molecule has 0 fully saturated rings. The predicted molar refractivity (Wildman–Crippen MR) is 68.3 cm³/mol. The zero-order chi connectivity index (χ0) is 13.0. The van der Waals surface area contributed by atoms with E-state index in [4.69, 9.17) is 16.3 Å². The van der Waals surface area contributed by atoms with Crippen molar-refractivity contribution in [3.05, 3.63) is 70.8 Å². The summed E-state index contributed by atoms with van der Waals surface area (Å²) < 4.78 is 0. The van der Waals surface area contributed by atoms with Crippen molar-refractivity contribution in [2.24, 2.45) is 5.73 Å². The van der Waals surface area contributed by atoms with Gasteiger partial charge in [0.2, 0.25) is 0 Å². The van der Waals surface area contributed by atoms with E-state index in [0.717, 1.165) is 11.1 Å². The molecule has 0 aromatic heterocycles. The molecular weight excluding hydrogens is 222 g/mol. The van der Waals surface area contributed by atoms with E-state index < -0.39 is 0 Å². The summed E-state index contributed by atoms with van der Waals surface area (Å²) in [6.07, 6.45) is 0. The molecule has 2 aromatic rings. The Labute approximate surface area is 106 Å². The van der Waals surface area contributed by atoms with Crippen LogP contribution in [0.4, 0.5) is 0 Å². The molecule has 3 heteroatoms. The van der Waals surface area contributed by atoms with E-state index in [9.17, 15) is 0 Å². The molecule has 3 nitrogen and oxygen atoms in total. The second-order valence-electron chi connectivity index (χ2n) is 3.95. The summed E-state index contributed by atoms with van der Waals surface area (Å²) in [5, 5.41) is 17.5. The monoisotopic (exact) mass is 233 g/mol. The van der Waals surface area contributed by atoms with Crippen molar-refractivity contribution in [2.45, 2.75) is 6.04 Å². The molecule has 0 atom stereocenters. The lowest BCUT2D eigenvalue weighted by atomic mass is 9.98. The lowest BCUT2D eigenvalue weighted by Gasteiger charge is -2.12. The summed E-state index contributed by atoms with van der Waals surface area (Å²) >= 11 is 0. The van der Waals surface area contributed by atoms with E-state index in [-0.39, 0.29) is 6.04 Å². The Hall–Kier alpha value is -2.62. The molecule has 0 radical (unpaired) electrons. The van der Waals surface area contributed by atoms with Crippen molar-refractivity contribution in [3.8, 4) is 12.1 Å². The number of hydrogen-bond donors (Lipinski definition) is 1. The number of rotatable bonds is 2. The second kappa shape index (κ2) is 5.14. The van der Waals surface area contributed by atoms with Gasteiger partial charge in [0.25, 0.3) is 0 Å². The molecule has 2 rings (SSSR count). The van der Waals surface area contributed by atoms with Crippen LogP contribution in [0.3, 0.4) is 0 Å². The van der Waals surface area contributed by atoms with Crippen molar-refractivity contribution in [1.29, 1.82) is 10.5 Å². The second-order valence-corrected chi connectivity index (χ2v) is 3.95. The Kier molecular flexibility index (Phi) is 3.38. The van der Waals surface area contributed by atoms with Gasteiger partial charge in [0.15, 0.2) is 0 Å². The summed E-state index contributed by atoms with van der Waals surface area (Å²) in [4.78, 5) is 0. The lowest BCUT2D eigenvalue weighted by Crippen LogP contribution is -2.11. The number of benzene rings is 2. The largest absolute Gasteiger partial charge is 0.320 e. The van der Waals surface area contributed by atoms with Gasteiger partial charge in [-0.2, -0.15) is 10.5 Å². The molecule has 2 aromatic carbocycles.